The maximum atomic E-state index is 5.94. The maximum Gasteiger partial charge on any atom is 0.229 e. The van der Waals surface area contributed by atoms with Crippen LogP contribution in [0.1, 0.15) is 0 Å². The summed E-state index contributed by atoms with van der Waals surface area (Å²) in [6.45, 7) is 0. The van der Waals surface area contributed by atoms with Crippen molar-refractivity contribution in [1.29, 1.82) is 0 Å². The molecule has 0 fully saturated rings. The molecule has 4 aromatic rings. The van der Waals surface area contributed by atoms with Gasteiger partial charge in [0.15, 0.2) is 0 Å². The second-order valence-electron chi connectivity index (χ2n) is 5.54. The quantitative estimate of drug-likeness (QED) is 0.441. The van der Waals surface area contributed by atoms with Crippen LogP contribution in [0.3, 0.4) is 0 Å². The van der Waals surface area contributed by atoms with E-state index in [0.717, 1.165) is 28.1 Å². The number of rotatable bonds is 4. The smallest absolute Gasteiger partial charge is 0.229 e. The summed E-state index contributed by atoms with van der Waals surface area (Å²) >= 11 is 5.94. The minimum absolute atomic E-state index is 0. The van der Waals surface area contributed by atoms with E-state index in [1.54, 1.807) is 0 Å². The number of halogens is 2. The molecule has 130 valence electrons. The molecule has 0 aliphatic heterocycles. The molecule has 0 unspecified atom stereocenters. The highest BCUT2D eigenvalue weighted by molar-refractivity contribution is 6.30. The molecule has 4 rings (SSSR count). The van der Waals surface area contributed by atoms with E-state index in [9.17, 15) is 0 Å². The molecule has 0 atom stereocenters. The van der Waals surface area contributed by atoms with Gasteiger partial charge in [-0.1, -0.05) is 41.9 Å². The fraction of sp³-hybridized carbons (Fsp3) is 0. The summed E-state index contributed by atoms with van der Waals surface area (Å²) < 4.78 is 0. The number of aromatic nitrogens is 2. The Bertz CT molecular complexity index is 1010. The zero-order valence-electron chi connectivity index (χ0n) is 13.7. The van der Waals surface area contributed by atoms with Gasteiger partial charge in [-0.25, -0.2) is 4.98 Å². The van der Waals surface area contributed by atoms with Gasteiger partial charge in [-0.3, -0.25) is 0 Å². The van der Waals surface area contributed by atoms with Crippen LogP contribution in [0, 0.1) is 0 Å². The van der Waals surface area contributed by atoms with E-state index in [-0.39, 0.29) is 12.4 Å². The molecule has 0 bridgehead atoms. The van der Waals surface area contributed by atoms with Crippen molar-refractivity contribution in [3.05, 3.63) is 83.9 Å². The number of benzene rings is 3. The van der Waals surface area contributed by atoms with Crippen LogP contribution < -0.4 is 10.6 Å². The Morgan fingerprint density at radius 2 is 1.31 bits per heavy atom. The van der Waals surface area contributed by atoms with Gasteiger partial charge in [0.25, 0.3) is 0 Å². The lowest BCUT2D eigenvalue weighted by Gasteiger charge is -2.12. The van der Waals surface area contributed by atoms with Crippen LogP contribution in [-0.2, 0) is 0 Å². The molecule has 0 saturated carbocycles. The maximum absolute atomic E-state index is 5.94. The molecule has 1 aromatic heterocycles. The lowest BCUT2D eigenvalue weighted by molar-refractivity contribution is 1.21. The third-order valence-electron chi connectivity index (χ3n) is 3.74. The third kappa shape index (κ3) is 4.04. The van der Waals surface area contributed by atoms with Crippen LogP contribution in [0.5, 0.6) is 0 Å². The van der Waals surface area contributed by atoms with Crippen LogP contribution in [0.4, 0.5) is 23.1 Å². The van der Waals surface area contributed by atoms with Crippen LogP contribution in [0.2, 0.25) is 5.02 Å². The van der Waals surface area contributed by atoms with E-state index < -0.39 is 0 Å². The fourth-order valence-corrected chi connectivity index (χ4v) is 2.67. The van der Waals surface area contributed by atoms with E-state index in [2.05, 4.69) is 20.6 Å². The van der Waals surface area contributed by atoms with Crippen molar-refractivity contribution in [2.24, 2.45) is 0 Å². The monoisotopic (exact) mass is 382 g/mol. The highest BCUT2D eigenvalue weighted by Gasteiger charge is 2.08. The van der Waals surface area contributed by atoms with Crippen molar-refractivity contribution in [2.45, 2.75) is 0 Å². The summed E-state index contributed by atoms with van der Waals surface area (Å²) in [6.07, 6.45) is 0. The average Bonchev–Trinajstić information content (AvgIpc) is 2.65. The highest BCUT2D eigenvalue weighted by Crippen LogP contribution is 2.26. The Morgan fingerprint density at radius 3 is 2.08 bits per heavy atom. The third-order valence-corrected chi connectivity index (χ3v) is 3.99. The molecule has 2 N–H and O–H groups in total. The van der Waals surface area contributed by atoms with Gasteiger partial charge >= 0.3 is 0 Å². The lowest BCUT2D eigenvalue weighted by Crippen LogP contribution is -2.02. The van der Waals surface area contributed by atoms with Gasteiger partial charge in [0, 0.05) is 21.8 Å². The van der Waals surface area contributed by atoms with Gasteiger partial charge in [-0.2, -0.15) is 4.98 Å². The second kappa shape index (κ2) is 8.04. The molecule has 3 aromatic carbocycles. The minimum atomic E-state index is 0. The van der Waals surface area contributed by atoms with Crippen molar-refractivity contribution in [3.8, 4) is 0 Å². The van der Waals surface area contributed by atoms with Gasteiger partial charge in [0.1, 0.15) is 5.82 Å². The molecule has 4 nitrogen and oxygen atoms in total. The first kappa shape index (κ1) is 18.0. The van der Waals surface area contributed by atoms with Gasteiger partial charge in [0.2, 0.25) is 5.95 Å². The summed E-state index contributed by atoms with van der Waals surface area (Å²) in [4.78, 5) is 9.25. The number of para-hydroxylation sites is 2. The van der Waals surface area contributed by atoms with Gasteiger partial charge in [-0.05, 0) is 48.5 Å². The predicted molar refractivity (Wildman–Crippen MR) is 111 cm³/mol. The van der Waals surface area contributed by atoms with Gasteiger partial charge < -0.3 is 10.6 Å². The molecule has 0 radical (unpaired) electrons. The minimum Gasteiger partial charge on any atom is -0.340 e. The van der Waals surface area contributed by atoms with Crippen LogP contribution in [0.15, 0.2) is 78.9 Å². The molecule has 6 heteroatoms. The number of fused-ring (bicyclic) bond motifs is 1. The normalized spacial score (nSPS) is 10.2. The largest absolute Gasteiger partial charge is 0.340 e. The summed E-state index contributed by atoms with van der Waals surface area (Å²) in [7, 11) is 0. The average molecular weight is 383 g/mol. The second-order valence-corrected chi connectivity index (χ2v) is 5.97. The van der Waals surface area contributed by atoms with E-state index in [0.29, 0.717) is 11.0 Å². The summed E-state index contributed by atoms with van der Waals surface area (Å²) in [5.41, 5.74) is 2.72. The van der Waals surface area contributed by atoms with E-state index in [1.807, 2.05) is 78.9 Å². The SMILES string of the molecule is Cl.Clc1ccc(Nc2nc(Nc3ccccc3)c3ccccc3n2)cc1. The van der Waals surface area contributed by atoms with Crippen LogP contribution in [-0.4, -0.2) is 9.97 Å². The Kier molecular flexibility index (Phi) is 5.56. The Hall–Kier alpha value is -2.82. The van der Waals surface area contributed by atoms with Crippen molar-refractivity contribution in [3.63, 3.8) is 0 Å². The number of anilines is 4. The molecular weight excluding hydrogens is 367 g/mol. The van der Waals surface area contributed by atoms with E-state index >= 15 is 0 Å². The zero-order valence-corrected chi connectivity index (χ0v) is 15.3. The topological polar surface area (TPSA) is 49.8 Å². The Labute approximate surface area is 162 Å². The van der Waals surface area contributed by atoms with Gasteiger partial charge in [0.05, 0.1) is 5.52 Å². The molecule has 26 heavy (non-hydrogen) atoms. The first-order valence-corrected chi connectivity index (χ1v) is 8.27. The van der Waals surface area contributed by atoms with E-state index in [4.69, 9.17) is 11.6 Å². The number of nitrogens with zero attached hydrogens (tertiary/aromatic N) is 2. The van der Waals surface area contributed by atoms with Gasteiger partial charge in [-0.15, -0.1) is 12.4 Å². The first-order valence-electron chi connectivity index (χ1n) is 7.89. The van der Waals surface area contributed by atoms with Crippen LogP contribution in [0.25, 0.3) is 10.9 Å². The van der Waals surface area contributed by atoms with Crippen molar-refractivity contribution in [2.75, 3.05) is 10.6 Å². The van der Waals surface area contributed by atoms with Crippen molar-refractivity contribution < 1.29 is 0 Å². The molecule has 0 saturated heterocycles. The Balaban J connectivity index is 0.00000196. The molecule has 1 heterocycles. The molecule has 0 aliphatic carbocycles. The first-order chi connectivity index (χ1) is 12.3. The Morgan fingerprint density at radius 1 is 0.654 bits per heavy atom. The van der Waals surface area contributed by atoms with Crippen molar-refractivity contribution >= 4 is 58.1 Å². The predicted octanol–water partition coefficient (Wildman–Crippen LogP) is 6.19. The van der Waals surface area contributed by atoms with Crippen molar-refractivity contribution in [1.82, 2.24) is 9.97 Å². The summed E-state index contributed by atoms with van der Waals surface area (Å²) in [5.74, 6) is 1.28. The number of nitrogens with one attached hydrogen (secondary N) is 2. The zero-order chi connectivity index (χ0) is 17.1. The molecule has 0 spiro atoms. The lowest BCUT2D eigenvalue weighted by atomic mass is 10.2. The fourth-order valence-electron chi connectivity index (χ4n) is 2.55. The van der Waals surface area contributed by atoms with Crippen LogP contribution >= 0.6 is 24.0 Å². The standard InChI is InChI=1S/C20H15ClN4.ClH/c21-14-10-12-16(13-11-14)23-20-24-18-9-5-4-8-17(18)19(25-20)22-15-6-2-1-3-7-15;/h1-13H,(H2,22,23,24,25);1H. The summed E-state index contributed by atoms with van der Waals surface area (Å²) in [5, 5.41) is 8.26. The highest BCUT2D eigenvalue weighted by atomic mass is 35.5. The number of hydrogen-bond donors (Lipinski definition) is 2. The molecular formula is C20H16Cl2N4. The molecule has 0 amide bonds. The van der Waals surface area contributed by atoms with E-state index in [1.165, 1.54) is 0 Å². The molecule has 0 aliphatic rings. The summed E-state index contributed by atoms with van der Waals surface area (Å²) in [6, 6.07) is 25.3. The number of hydrogen-bond acceptors (Lipinski definition) is 4.